The van der Waals surface area contributed by atoms with Gasteiger partial charge in [-0.05, 0) is 31.2 Å². The second kappa shape index (κ2) is 4.93. The smallest absolute Gasteiger partial charge is 0.272 e. The molecule has 98 valence electrons. The summed E-state index contributed by atoms with van der Waals surface area (Å²) in [5.74, 6) is -0.778. The van der Waals surface area contributed by atoms with Crippen LogP contribution in [0, 0.1) is 0 Å². The first kappa shape index (κ1) is 12.8. The molecule has 1 aromatic carbocycles. The second-order valence-electron chi connectivity index (χ2n) is 4.29. The zero-order chi connectivity index (χ0) is 14.0. The van der Waals surface area contributed by atoms with Crippen molar-refractivity contribution in [3.05, 3.63) is 34.6 Å². The predicted octanol–water partition coefficient (Wildman–Crippen LogP) is 1.03. The van der Waals surface area contributed by atoms with Gasteiger partial charge in [-0.25, -0.2) is 0 Å². The van der Waals surface area contributed by atoms with E-state index in [4.69, 9.17) is 5.73 Å². The van der Waals surface area contributed by atoms with Crippen LogP contribution in [0.3, 0.4) is 0 Å². The standard InChI is InChI=1S/C13H13N3O3/c1-7(17)4-12(18)15-11-6-8-5-9(14)2-3-10(8)16-13(11)19/h2-3,5-6H,4,14H2,1H3,(H,15,18)(H,16,19). The van der Waals surface area contributed by atoms with Crippen molar-refractivity contribution in [1.82, 2.24) is 4.98 Å². The van der Waals surface area contributed by atoms with Gasteiger partial charge in [0.25, 0.3) is 5.56 Å². The van der Waals surface area contributed by atoms with Gasteiger partial charge in [0.05, 0.1) is 6.42 Å². The summed E-state index contributed by atoms with van der Waals surface area (Å²) in [7, 11) is 0. The Morgan fingerprint density at radius 3 is 2.74 bits per heavy atom. The Morgan fingerprint density at radius 2 is 2.05 bits per heavy atom. The quantitative estimate of drug-likeness (QED) is 0.565. The lowest BCUT2D eigenvalue weighted by molar-refractivity contribution is -0.124. The topological polar surface area (TPSA) is 105 Å². The summed E-state index contributed by atoms with van der Waals surface area (Å²) in [4.78, 5) is 36.7. The molecular weight excluding hydrogens is 246 g/mol. The number of aromatic nitrogens is 1. The van der Waals surface area contributed by atoms with Gasteiger partial charge in [0.1, 0.15) is 11.5 Å². The van der Waals surface area contributed by atoms with E-state index in [-0.39, 0.29) is 17.9 Å². The average Bonchev–Trinajstić information content (AvgIpc) is 2.29. The molecule has 0 radical (unpaired) electrons. The van der Waals surface area contributed by atoms with E-state index in [0.717, 1.165) is 0 Å². The van der Waals surface area contributed by atoms with Gasteiger partial charge in [0.2, 0.25) is 5.91 Å². The largest absolute Gasteiger partial charge is 0.399 e. The zero-order valence-corrected chi connectivity index (χ0v) is 10.3. The minimum absolute atomic E-state index is 0.101. The number of pyridine rings is 1. The Labute approximate surface area is 108 Å². The second-order valence-corrected chi connectivity index (χ2v) is 4.29. The highest BCUT2D eigenvalue weighted by atomic mass is 16.2. The molecule has 0 saturated carbocycles. The van der Waals surface area contributed by atoms with Crippen molar-refractivity contribution >= 4 is 34.0 Å². The van der Waals surface area contributed by atoms with Gasteiger partial charge >= 0.3 is 0 Å². The highest BCUT2D eigenvalue weighted by molar-refractivity contribution is 6.04. The Kier molecular flexibility index (Phi) is 3.33. The third-order valence-electron chi connectivity index (χ3n) is 2.55. The molecule has 1 aromatic heterocycles. The normalized spacial score (nSPS) is 10.4. The fourth-order valence-corrected chi connectivity index (χ4v) is 1.74. The van der Waals surface area contributed by atoms with Gasteiger partial charge in [-0.1, -0.05) is 0 Å². The number of hydrogen-bond acceptors (Lipinski definition) is 4. The van der Waals surface area contributed by atoms with Crippen molar-refractivity contribution in [2.24, 2.45) is 0 Å². The number of rotatable bonds is 3. The molecule has 1 amide bonds. The number of nitrogens with one attached hydrogen (secondary N) is 2. The van der Waals surface area contributed by atoms with Crippen molar-refractivity contribution in [1.29, 1.82) is 0 Å². The van der Waals surface area contributed by atoms with Crippen LogP contribution in [-0.4, -0.2) is 16.7 Å². The number of fused-ring (bicyclic) bond motifs is 1. The fourth-order valence-electron chi connectivity index (χ4n) is 1.74. The molecule has 0 saturated heterocycles. The molecule has 0 spiro atoms. The molecule has 0 fully saturated rings. The van der Waals surface area contributed by atoms with Gasteiger partial charge in [-0.15, -0.1) is 0 Å². The first-order chi connectivity index (χ1) is 8.95. The molecule has 0 aliphatic heterocycles. The number of carbonyl (C=O) groups is 2. The lowest BCUT2D eigenvalue weighted by atomic mass is 10.2. The maximum atomic E-state index is 11.8. The summed E-state index contributed by atoms with van der Waals surface area (Å²) in [6.07, 6.45) is -0.256. The molecule has 0 aliphatic carbocycles. The fraction of sp³-hybridized carbons (Fsp3) is 0.154. The summed E-state index contributed by atoms with van der Waals surface area (Å²) >= 11 is 0. The lowest BCUT2D eigenvalue weighted by Gasteiger charge is -2.05. The number of anilines is 2. The van der Waals surface area contributed by atoms with Gasteiger partial charge in [-0.3, -0.25) is 14.4 Å². The predicted molar refractivity (Wildman–Crippen MR) is 72.9 cm³/mol. The summed E-state index contributed by atoms with van der Waals surface area (Å²) < 4.78 is 0. The Hall–Kier alpha value is -2.63. The van der Waals surface area contributed by atoms with E-state index >= 15 is 0 Å². The van der Waals surface area contributed by atoms with Gasteiger partial charge in [0.15, 0.2) is 0 Å². The van der Waals surface area contributed by atoms with Crippen LogP contribution < -0.4 is 16.6 Å². The zero-order valence-electron chi connectivity index (χ0n) is 10.3. The van der Waals surface area contributed by atoms with E-state index in [1.807, 2.05) is 0 Å². The molecule has 1 heterocycles. The number of nitrogen functional groups attached to an aromatic ring is 1. The minimum Gasteiger partial charge on any atom is -0.399 e. The number of amides is 1. The van der Waals surface area contributed by atoms with Crippen LogP contribution in [-0.2, 0) is 9.59 Å². The maximum absolute atomic E-state index is 11.8. The molecule has 2 rings (SSSR count). The number of benzene rings is 1. The van der Waals surface area contributed by atoms with E-state index in [0.29, 0.717) is 16.6 Å². The highest BCUT2D eigenvalue weighted by Gasteiger charge is 2.09. The first-order valence-electron chi connectivity index (χ1n) is 5.67. The average molecular weight is 259 g/mol. The van der Waals surface area contributed by atoms with Crippen molar-refractivity contribution in [3.8, 4) is 0 Å². The molecular formula is C13H13N3O3. The van der Waals surface area contributed by atoms with Crippen molar-refractivity contribution in [2.45, 2.75) is 13.3 Å². The summed E-state index contributed by atoms with van der Waals surface area (Å²) in [6, 6.07) is 6.58. The van der Waals surface area contributed by atoms with Crippen LogP contribution in [0.2, 0.25) is 0 Å². The lowest BCUT2D eigenvalue weighted by Crippen LogP contribution is -2.21. The monoisotopic (exact) mass is 259 g/mol. The summed E-state index contributed by atoms with van der Waals surface area (Å²) in [5, 5.41) is 3.12. The molecule has 6 nitrogen and oxygen atoms in total. The molecule has 6 heteroatoms. The molecule has 0 unspecified atom stereocenters. The van der Waals surface area contributed by atoms with Crippen LogP contribution in [0.25, 0.3) is 10.9 Å². The van der Waals surface area contributed by atoms with Crippen LogP contribution in [0.1, 0.15) is 13.3 Å². The molecule has 19 heavy (non-hydrogen) atoms. The van der Waals surface area contributed by atoms with Crippen molar-refractivity contribution in [3.63, 3.8) is 0 Å². The SMILES string of the molecule is CC(=O)CC(=O)Nc1cc2cc(N)ccc2[nH]c1=O. The van der Waals surface area contributed by atoms with Crippen molar-refractivity contribution in [2.75, 3.05) is 11.1 Å². The Balaban J connectivity index is 2.38. The van der Waals surface area contributed by atoms with Gasteiger partial charge in [-0.2, -0.15) is 0 Å². The number of hydrogen-bond donors (Lipinski definition) is 3. The van der Waals surface area contributed by atoms with Crippen LogP contribution in [0.5, 0.6) is 0 Å². The van der Waals surface area contributed by atoms with Gasteiger partial charge < -0.3 is 16.0 Å². The number of carbonyl (C=O) groups excluding carboxylic acids is 2. The Morgan fingerprint density at radius 1 is 1.32 bits per heavy atom. The number of Topliss-reactive ketones (excluding diaryl/α,β-unsaturated/α-hetero) is 1. The number of ketones is 1. The maximum Gasteiger partial charge on any atom is 0.272 e. The van der Waals surface area contributed by atoms with E-state index in [1.165, 1.54) is 13.0 Å². The summed E-state index contributed by atoms with van der Waals surface area (Å²) in [6.45, 7) is 1.31. The van der Waals surface area contributed by atoms with E-state index in [9.17, 15) is 14.4 Å². The van der Waals surface area contributed by atoms with E-state index in [1.54, 1.807) is 18.2 Å². The van der Waals surface area contributed by atoms with Crippen LogP contribution >= 0.6 is 0 Å². The molecule has 2 aromatic rings. The van der Waals surface area contributed by atoms with Gasteiger partial charge in [0, 0.05) is 16.6 Å². The Bertz CT molecular complexity index is 719. The third-order valence-corrected chi connectivity index (χ3v) is 2.55. The van der Waals surface area contributed by atoms with Crippen LogP contribution in [0.15, 0.2) is 29.1 Å². The summed E-state index contributed by atoms with van der Waals surface area (Å²) in [5.41, 5.74) is 6.52. The minimum atomic E-state index is -0.513. The van der Waals surface area contributed by atoms with Crippen molar-refractivity contribution < 1.29 is 9.59 Å². The number of aromatic amines is 1. The number of nitrogens with two attached hydrogens (primary N) is 1. The first-order valence-corrected chi connectivity index (χ1v) is 5.67. The highest BCUT2D eigenvalue weighted by Crippen LogP contribution is 2.16. The van der Waals surface area contributed by atoms with E-state index in [2.05, 4.69) is 10.3 Å². The number of H-pyrrole nitrogens is 1. The van der Waals surface area contributed by atoms with E-state index < -0.39 is 11.5 Å². The molecule has 0 bridgehead atoms. The molecule has 0 atom stereocenters. The molecule has 0 aliphatic rings. The van der Waals surface area contributed by atoms with Crippen LogP contribution in [0.4, 0.5) is 11.4 Å². The molecule has 4 N–H and O–H groups in total. The third kappa shape index (κ3) is 2.98.